The van der Waals surface area contributed by atoms with Crippen LogP contribution in [0.25, 0.3) is 20.8 Å². The van der Waals surface area contributed by atoms with Crippen molar-refractivity contribution < 1.29 is 9.84 Å². The minimum absolute atomic E-state index is 0.140. The summed E-state index contributed by atoms with van der Waals surface area (Å²) >= 11 is 1.57. The number of aryl methyl sites for hydroxylation is 1. The topological polar surface area (TPSA) is 42.4 Å². The van der Waals surface area contributed by atoms with Crippen molar-refractivity contribution in [2.24, 2.45) is 0 Å². The molecule has 4 heteroatoms. The maximum Gasteiger partial charge on any atom is 0.168 e. The van der Waals surface area contributed by atoms with Crippen LogP contribution in [0, 0.1) is 6.92 Å². The molecule has 0 atom stereocenters. The highest BCUT2D eigenvalue weighted by molar-refractivity contribution is 7.21. The highest BCUT2D eigenvalue weighted by Crippen LogP contribution is 2.40. The first kappa shape index (κ1) is 12.0. The van der Waals surface area contributed by atoms with E-state index in [9.17, 15) is 5.11 Å². The molecule has 0 saturated heterocycles. The van der Waals surface area contributed by atoms with E-state index in [-0.39, 0.29) is 5.75 Å². The number of hydrogen-bond acceptors (Lipinski definition) is 4. The lowest BCUT2D eigenvalue weighted by Crippen LogP contribution is -1.85. The molecule has 0 fully saturated rings. The van der Waals surface area contributed by atoms with E-state index >= 15 is 0 Å². The lowest BCUT2D eigenvalue weighted by molar-refractivity contribution is 0.374. The van der Waals surface area contributed by atoms with E-state index < -0.39 is 0 Å². The van der Waals surface area contributed by atoms with Gasteiger partial charge in [0.05, 0.1) is 22.9 Å². The molecule has 0 unspecified atom stereocenters. The van der Waals surface area contributed by atoms with Crippen LogP contribution in [-0.2, 0) is 0 Å². The fourth-order valence-electron chi connectivity index (χ4n) is 2.06. The van der Waals surface area contributed by atoms with Crippen molar-refractivity contribution in [2.75, 3.05) is 7.11 Å². The molecule has 0 radical (unpaired) electrons. The SMILES string of the molecule is COc1cccc(-c2nc3c(C)cccc3s2)c1O. The summed E-state index contributed by atoms with van der Waals surface area (Å²) in [7, 11) is 1.54. The van der Waals surface area contributed by atoms with Crippen LogP contribution in [0.2, 0.25) is 0 Å². The fourth-order valence-corrected chi connectivity index (χ4v) is 3.13. The van der Waals surface area contributed by atoms with Gasteiger partial charge in [0.1, 0.15) is 5.01 Å². The Kier molecular flexibility index (Phi) is 2.87. The second kappa shape index (κ2) is 4.55. The van der Waals surface area contributed by atoms with Crippen LogP contribution in [-0.4, -0.2) is 17.2 Å². The smallest absolute Gasteiger partial charge is 0.168 e. The number of nitrogens with zero attached hydrogens (tertiary/aromatic N) is 1. The molecule has 96 valence electrons. The number of phenolic OH excluding ortho intramolecular Hbond substituents is 1. The number of rotatable bonds is 2. The molecule has 0 spiro atoms. The van der Waals surface area contributed by atoms with Gasteiger partial charge in [0.15, 0.2) is 11.5 Å². The van der Waals surface area contributed by atoms with Crippen molar-refractivity contribution in [3.63, 3.8) is 0 Å². The molecule has 19 heavy (non-hydrogen) atoms. The molecule has 1 heterocycles. The van der Waals surface area contributed by atoms with Gasteiger partial charge in [0, 0.05) is 0 Å². The number of benzene rings is 2. The second-order valence-electron chi connectivity index (χ2n) is 4.30. The van der Waals surface area contributed by atoms with Gasteiger partial charge in [0.2, 0.25) is 0 Å². The van der Waals surface area contributed by atoms with Gasteiger partial charge in [-0.05, 0) is 30.7 Å². The largest absolute Gasteiger partial charge is 0.504 e. The number of fused-ring (bicyclic) bond motifs is 1. The summed E-state index contributed by atoms with van der Waals surface area (Å²) in [6.07, 6.45) is 0. The molecule has 0 bridgehead atoms. The Balaban J connectivity index is 2.22. The molecule has 3 nitrogen and oxygen atoms in total. The first-order valence-corrected chi connectivity index (χ1v) is 6.75. The molecule has 1 aromatic heterocycles. The van der Waals surface area contributed by atoms with Crippen LogP contribution < -0.4 is 4.74 Å². The Morgan fingerprint density at radius 1 is 1.16 bits per heavy atom. The summed E-state index contributed by atoms with van der Waals surface area (Å²) in [4.78, 5) is 4.62. The van der Waals surface area contributed by atoms with Gasteiger partial charge in [-0.15, -0.1) is 11.3 Å². The van der Waals surface area contributed by atoms with Crippen molar-refractivity contribution in [3.8, 4) is 22.1 Å². The molecule has 2 aromatic carbocycles. The predicted octanol–water partition coefficient (Wildman–Crippen LogP) is 3.99. The van der Waals surface area contributed by atoms with Crippen LogP contribution in [0.15, 0.2) is 36.4 Å². The number of aromatic nitrogens is 1. The summed E-state index contributed by atoms with van der Waals surface area (Å²) in [5, 5.41) is 11.0. The van der Waals surface area contributed by atoms with Crippen LogP contribution in [0.4, 0.5) is 0 Å². The molecule has 0 aliphatic heterocycles. The zero-order valence-electron chi connectivity index (χ0n) is 10.7. The van der Waals surface area contributed by atoms with E-state index in [0.717, 1.165) is 20.8 Å². The molecule has 3 aromatic rings. The Morgan fingerprint density at radius 2 is 1.95 bits per heavy atom. The van der Waals surface area contributed by atoms with Gasteiger partial charge >= 0.3 is 0 Å². The number of aromatic hydroxyl groups is 1. The van der Waals surface area contributed by atoms with Gasteiger partial charge in [0.25, 0.3) is 0 Å². The zero-order chi connectivity index (χ0) is 13.4. The van der Waals surface area contributed by atoms with Crippen LogP contribution >= 0.6 is 11.3 Å². The molecule has 0 saturated carbocycles. The van der Waals surface area contributed by atoms with E-state index in [1.54, 1.807) is 24.5 Å². The Morgan fingerprint density at radius 3 is 2.68 bits per heavy atom. The van der Waals surface area contributed by atoms with E-state index in [4.69, 9.17) is 4.74 Å². The number of methoxy groups -OCH3 is 1. The van der Waals surface area contributed by atoms with Gasteiger partial charge in [-0.2, -0.15) is 0 Å². The molecule has 1 N–H and O–H groups in total. The molecule has 0 aliphatic rings. The Labute approximate surface area is 115 Å². The lowest BCUT2D eigenvalue weighted by atomic mass is 10.2. The fraction of sp³-hybridized carbons (Fsp3) is 0.133. The maximum atomic E-state index is 10.2. The summed E-state index contributed by atoms with van der Waals surface area (Å²) in [6.45, 7) is 2.04. The monoisotopic (exact) mass is 271 g/mol. The van der Waals surface area contributed by atoms with Crippen molar-refractivity contribution in [1.29, 1.82) is 0 Å². The van der Waals surface area contributed by atoms with E-state index in [2.05, 4.69) is 4.98 Å². The minimum atomic E-state index is 0.140. The summed E-state index contributed by atoms with van der Waals surface area (Å²) in [6, 6.07) is 11.5. The number of ether oxygens (including phenoxy) is 1. The van der Waals surface area contributed by atoms with Gasteiger partial charge in [-0.3, -0.25) is 0 Å². The van der Waals surface area contributed by atoms with E-state index in [0.29, 0.717) is 11.3 Å². The highest BCUT2D eigenvalue weighted by Gasteiger charge is 2.14. The average Bonchev–Trinajstić information content (AvgIpc) is 2.84. The maximum absolute atomic E-state index is 10.2. The first-order valence-electron chi connectivity index (χ1n) is 5.93. The standard InChI is InChI=1S/C15H13NO2S/c1-9-5-3-8-12-13(9)16-15(19-12)10-6-4-7-11(18-2)14(10)17/h3-8,17H,1-2H3. The lowest BCUT2D eigenvalue weighted by Gasteiger charge is -2.05. The molecular weight excluding hydrogens is 258 g/mol. The van der Waals surface area contributed by atoms with Crippen LogP contribution in [0.1, 0.15) is 5.56 Å². The summed E-state index contributed by atoms with van der Waals surface area (Å²) in [5.41, 5.74) is 2.84. The number of thiazole rings is 1. The number of hydrogen-bond donors (Lipinski definition) is 1. The van der Waals surface area contributed by atoms with Crippen LogP contribution in [0.5, 0.6) is 11.5 Å². The summed E-state index contributed by atoms with van der Waals surface area (Å²) < 4.78 is 6.25. The molecule has 3 rings (SSSR count). The van der Waals surface area contributed by atoms with Gasteiger partial charge in [-0.25, -0.2) is 4.98 Å². The predicted molar refractivity (Wildman–Crippen MR) is 78.0 cm³/mol. The Hall–Kier alpha value is -2.07. The quantitative estimate of drug-likeness (QED) is 0.766. The Bertz CT molecular complexity index is 749. The molecular formula is C15H13NO2S. The van der Waals surface area contributed by atoms with Gasteiger partial charge in [-0.1, -0.05) is 18.2 Å². The van der Waals surface area contributed by atoms with Crippen LogP contribution in [0.3, 0.4) is 0 Å². The van der Waals surface area contributed by atoms with Crippen molar-refractivity contribution in [3.05, 3.63) is 42.0 Å². The zero-order valence-corrected chi connectivity index (χ0v) is 11.5. The molecule has 0 amide bonds. The first-order chi connectivity index (χ1) is 9.20. The van der Waals surface area contributed by atoms with E-state index in [1.807, 2.05) is 37.3 Å². The summed E-state index contributed by atoms with van der Waals surface area (Å²) in [5.74, 6) is 0.607. The average molecular weight is 271 g/mol. The highest BCUT2D eigenvalue weighted by atomic mass is 32.1. The van der Waals surface area contributed by atoms with Crippen molar-refractivity contribution in [1.82, 2.24) is 4.98 Å². The number of para-hydroxylation sites is 2. The van der Waals surface area contributed by atoms with Crippen molar-refractivity contribution in [2.45, 2.75) is 6.92 Å². The third-order valence-electron chi connectivity index (χ3n) is 3.07. The third-order valence-corrected chi connectivity index (χ3v) is 4.12. The second-order valence-corrected chi connectivity index (χ2v) is 5.33. The number of phenols is 1. The van der Waals surface area contributed by atoms with Gasteiger partial charge < -0.3 is 9.84 Å². The minimum Gasteiger partial charge on any atom is -0.504 e. The van der Waals surface area contributed by atoms with Crippen molar-refractivity contribution >= 4 is 21.6 Å². The van der Waals surface area contributed by atoms with E-state index in [1.165, 1.54) is 0 Å². The molecule has 0 aliphatic carbocycles. The normalized spacial score (nSPS) is 10.8. The third kappa shape index (κ3) is 1.94.